The number of rotatable bonds is 5. The first-order valence-corrected chi connectivity index (χ1v) is 11.1. The fourth-order valence-electron chi connectivity index (χ4n) is 3.72. The van der Waals surface area contributed by atoms with Crippen LogP contribution in [-0.4, -0.2) is 33.1 Å². The zero-order valence-corrected chi connectivity index (χ0v) is 18.3. The Morgan fingerprint density at radius 1 is 1.25 bits per heavy atom. The van der Waals surface area contributed by atoms with Crippen LogP contribution in [0.1, 0.15) is 68.9 Å². The molecule has 1 aliphatic rings. The highest BCUT2D eigenvalue weighted by Gasteiger charge is 2.35. The summed E-state index contributed by atoms with van der Waals surface area (Å²) in [5, 5.41) is 6.84. The predicted octanol–water partition coefficient (Wildman–Crippen LogP) is 4.82. The Labute approximate surface area is 185 Å². The van der Waals surface area contributed by atoms with Crippen LogP contribution in [0.25, 0.3) is 5.65 Å². The predicted molar refractivity (Wildman–Crippen MR) is 112 cm³/mol. The van der Waals surface area contributed by atoms with Crippen molar-refractivity contribution in [2.45, 2.75) is 52.1 Å². The first kappa shape index (κ1) is 22.3. The number of hydrogen-bond acceptors (Lipinski definition) is 6. The van der Waals surface area contributed by atoms with E-state index >= 15 is 0 Å². The largest absolute Gasteiger partial charge is 0.462 e. The van der Waals surface area contributed by atoms with Crippen LogP contribution in [-0.2, 0) is 23.8 Å². The lowest BCUT2D eigenvalue weighted by Crippen LogP contribution is -2.17. The summed E-state index contributed by atoms with van der Waals surface area (Å²) in [6, 6.07) is 2.07. The molecule has 4 rings (SSSR count). The number of ether oxygens (including phenoxy) is 1. The van der Waals surface area contributed by atoms with Crippen LogP contribution in [0.3, 0.4) is 0 Å². The normalized spacial score (nSPS) is 13.8. The second-order valence-corrected chi connectivity index (χ2v) is 8.69. The maximum atomic E-state index is 13.4. The van der Waals surface area contributed by atoms with E-state index in [1.165, 1.54) is 24.3 Å². The Morgan fingerprint density at radius 3 is 2.72 bits per heavy atom. The number of hydrogen-bond donors (Lipinski definition) is 1. The number of carbonyl (C=O) groups is 2. The van der Waals surface area contributed by atoms with Crippen molar-refractivity contribution in [1.29, 1.82) is 0 Å². The summed E-state index contributed by atoms with van der Waals surface area (Å²) >= 11 is 1.30. The molecular formula is C21H21F3N4O3S. The summed E-state index contributed by atoms with van der Waals surface area (Å²) < 4.78 is 46.1. The Bertz CT molecular complexity index is 1200. The molecule has 0 aromatic carbocycles. The Morgan fingerprint density at radius 2 is 2.00 bits per heavy atom. The number of alkyl halides is 3. The van der Waals surface area contributed by atoms with Crippen molar-refractivity contribution in [1.82, 2.24) is 14.6 Å². The van der Waals surface area contributed by atoms with Gasteiger partial charge in [-0.05, 0) is 50.7 Å². The number of amides is 1. The molecule has 11 heteroatoms. The van der Waals surface area contributed by atoms with E-state index in [-0.39, 0.29) is 23.6 Å². The van der Waals surface area contributed by atoms with E-state index < -0.39 is 23.7 Å². The van der Waals surface area contributed by atoms with Crippen molar-refractivity contribution < 1.29 is 27.5 Å². The number of aromatic nitrogens is 3. The van der Waals surface area contributed by atoms with E-state index in [1.54, 1.807) is 0 Å². The highest BCUT2D eigenvalue weighted by molar-refractivity contribution is 7.17. The highest BCUT2D eigenvalue weighted by atomic mass is 32.1. The van der Waals surface area contributed by atoms with Crippen LogP contribution in [0, 0.1) is 6.92 Å². The van der Waals surface area contributed by atoms with Gasteiger partial charge in [-0.1, -0.05) is 6.92 Å². The summed E-state index contributed by atoms with van der Waals surface area (Å²) in [6.45, 7) is 3.58. The van der Waals surface area contributed by atoms with E-state index in [9.17, 15) is 22.8 Å². The van der Waals surface area contributed by atoms with Crippen LogP contribution in [0.5, 0.6) is 0 Å². The van der Waals surface area contributed by atoms with Gasteiger partial charge in [-0.25, -0.2) is 14.3 Å². The molecule has 0 aliphatic heterocycles. The van der Waals surface area contributed by atoms with Gasteiger partial charge in [-0.2, -0.15) is 18.3 Å². The molecule has 32 heavy (non-hydrogen) atoms. The van der Waals surface area contributed by atoms with Gasteiger partial charge in [0.15, 0.2) is 11.3 Å². The van der Waals surface area contributed by atoms with Crippen molar-refractivity contribution in [2.75, 3.05) is 11.9 Å². The van der Waals surface area contributed by atoms with E-state index in [1.807, 2.05) is 6.92 Å². The van der Waals surface area contributed by atoms with E-state index in [0.29, 0.717) is 27.9 Å². The van der Waals surface area contributed by atoms with Gasteiger partial charge in [-0.3, -0.25) is 4.79 Å². The van der Waals surface area contributed by atoms with Gasteiger partial charge >= 0.3 is 12.1 Å². The highest BCUT2D eigenvalue weighted by Crippen LogP contribution is 2.39. The Hall–Kier alpha value is -2.95. The first-order valence-electron chi connectivity index (χ1n) is 10.3. The third-order valence-corrected chi connectivity index (χ3v) is 6.33. The minimum atomic E-state index is -4.66. The molecule has 3 aromatic rings. The standard InChI is InChI=1S/C21H21F3N4O3S/c1-3-8-31-20(30)17-12-6-4-5-7-14(12)32-19(17)26-18(29)13-10-16-25-11(2)9-15(21(22,23)24)28(16)27-13/h9-10H,3-8H2,1-2H3,(H,26,29). The second kappa shape index (κ2) is 8.53. The molecule has 1 N–H and O–H groups in total. The quantitative estimate of drug-likeness (QED) is 0.545. The third-order valence-electron chi connectivity index (χ3n) is 5.12. The minimum Gasteiger partial charge on any atom is -0.462 e. The molecule has 1 aliphatic carbocycles. The number of nitrogens with one attached hydrogen (secondary N) is 1. The molecule has 3 heterocycles. The number of anilines is 1. The maximum Gasteiger partial charge on any atom is 0.433 e. The molecule has 0 saturated carbocycles. The lowest BCUT2D eigenvalue weighted by Gasteiger charge is -2.12. The molecule has 0 fully saturated rings. The molecule has 0 atom stereocenters. The zero-order valence-electron chi connectivity index (χ0n) is 17.5. The molecule has 7 nitrogen and oxygen atoms in total. The molecule has 1 amide bonds. The van der Waals surface area contributed by atoms with Gasteiger partial charge in [-0.15, -0.1) is 11.3 Å². The summed E-state index contributed by atoms with van der Waals surface area (Å²) in [5.74, 6) is -1.22. The number of nitrogens with zero attached hydrogens (tertiary/aromatic N) is 3. The van der Waals surface area contributed by atoms with E-state index in [2.05, 4.69) is 15.4 Å². The number of halogens is 3. The number of esters is 1. The third kappa shape index (κ3) is 4.21. The van der Waals surface area contributed by atoms with Crippen LogP contribution in [0.4, 0.5) is 18.2 Å². The summed E-state index contributed by atoms with van der Waals surface area (Å²) in [4.78, 5) is 30.6. The van der Waals surface area contributed by atoms with Crippen LogP contribution >= 0.6 is 11.3 Å². The van der Waals surface area contributed by atoms with Crippen molar-refractivity contribution >= 4 is 33.9 Å². The monoisotopic (exact) mass is 466 g/mol. The van der Waals surface area contributed by atoms with Crippen molar-refractivity contribution in [3.05, 3.63) is 45.2 Å². The summed E-state index contributed by atoms with van der Waals surface area (Å²) in [7, 11) is 0. The van der Waals surface area contributed by atoms with E-state index in [0.717, 1.165) is 35.8 Å². The summed E-state index contributed by atoms with van der Waals surface area (Å²) in [5.41, 5.74) is 0.0333. The molecule has 0 saturated heterocycles. The molecule has 0 spiro atoms. The van der Waals surface area contributed by atoms with Gasteiger partial charge in [0, 0.05) is 16.6 Å². The van der Waals surface area contributed by atoms with Gasteiger partial charge in [0.2, 0.25) is 0 Å². The average Bonchev–Trinajstić information content (AvgIpc) is 3.31. The van der Waals surface area contributed by atoms with Crippen molar-refractivity contribution in [3.8, 4) is 0 Å². The minimum absolute atomic E-state index is 0.0875. The summed E-state index contributed by atoms with van der Waals surface area (Å²) in [6.07, 6.45) is -0.560. The van der Waals surface area contributed by atoms with E-state index in [4.69, 9.17) is 4.74 Å². The molecule has 170 valence electrons. The molecule has 3 aromatic heterocycles. The van der Waals surface area contributed by atoms with Crippen LogP contribution in [0.2, 0.25) is 0 Å². The van der Waals surface area contributed by atoms with Crippen molar-refractivity contribution in [3.63, 3.8) is 0 Å². The smallest absolute Gasteiger partial charge is 0.433 e. The Balaban J connectivity index is 1.69. The topological polar surface area (TPSA) is 85.6 Å². The first-order chi connectivity index (χ1) is 15.2. The SMILES string of the molecule is CCCOC(=O)c1c(NC(=O)c2cc3nc(C)cc(C(F)(F)F)n3n2)sc2c1CCCC2. The van der Waals surface area contributed by atoms with Crippen LogP contribution in [0.15, 0.2) is 12.1 Å². The second-order valence-electron chi connectivity index (χ2n) is 7.59. The number of thiophene rings is 1. The van der Waals surface area contributed by atoms with Gasteiger partial charge in [0.1, 0.15) is 10.7 Å². The number of carbonyl (C=O) groups excluding carboxylic acids is 2. The number of aryl methyl sites for hydroxylation is 2. The Kier molecular flexibility index (Phi) is 5.93. The van der Waals surface area contributed by atoms with Crippen molar-refractivity contribution in [2.24, 2.45) is 0 Å². The average molecular weight is 466 g/mol. The molecule has 0 unspecified atom stereocenters. The zero-order chi connectivity index (χ0) is 23.0. The van der Waals surface area contributed by atoms with Gasteiger partial charge < -0.3 is 10.1 Å². The van der Waals surface area contributed by atoms with Crippen LogP contribution < -0.4 is 5.32 Å². The molecular weight excluding hydrogens is 445 g/mol. The van der Waals surface area contributed by atoms with Gasteiger partial charge in [0.25, 0.3) is 5.91 Å². The maximum absolute atomic E-state index is 13.4. The molecule has 0 radical (unpaired) electrons. The lowest BCUT2D eigenvalue weighted by molar-refractivity contribution is -0.142. The number of fused-ring (bicyclic) bond motifs is 2. The lowest BCUT2D eigenvalue weighted by atomic mass is 9.95. The fourth-order valence-corrected chi connectivity index (χ4v) is 4.99. The fraction of sp³-hybridized carbons (Fsp3) is 0.429. The molecule has 0 bridgehead atoms. The van der Waals surface area contributed by atoms with Gasteiger partial charge in [0.05, 0.1) is 12.2 Å².